The molecule has 1 aliphatic rings. The van der Waals surface area contributed by atoms with Gasteiger partial charge >= 0.3 is 0 Å². The zero-order chi connectivity index (χ0) is 14.7. The molecule has 1 aromatic heterocycles. The molecule has 1 aliphatic carbocycles. The predicted octanol–water partition coefficient (Wildman–Crippen LogP) is 3.92. The van der Waals surface area contributed by atoms with Gasteiger partial charge < -0.3 is 15.8 Å². The number of thioether (sulfide) groups is 1. The maximum Gasteiger partial charge on any atom is 0.239 e. The summed E-state index contributed by atoms with van der Waals surface area (Å²) < 4.78 is 5.70. The van der Waals surface area contributed by atoms with Crippen molar-refractivity contribution in [1.82, 2.24) is 4.98 Å². The Bertz CT molecular complexity index is 629. The van der Waals surface area contributed by atoms with E-state index in [4.69, 9.17) is 10.5 Å². The summed E-state index contributed by atoms with van der Waals surface area (Å²) in [6.45, 7) is 0.711. The predicted molar refractivity (Wildman–Crippen MR) is 88.4 cm³/mol. The Hall–Kier alpha value is -1.88. The number of hydrogen-bond donors (Lipinski definition) is 2. The number of ether oxygens (including phenoxy) is 1. The van der Waals surface area contributed by atoms with Gasteiger partial charge in [0.25, 0.3) is 0 Å². The van der Waals surface area contributed by atoms with Crippen LogP contribution in [0.15, 0.2) is 41.3 Å². The molecule has 0 aliphatic heterocycles. The van der Waals surface area contributed by atoms with Gasteiger partial charge in [-0.1, -0.05) is 6.07 Å². The smallest absolute Gasteiger partial charge is 0.239 e. The summed E-state index contributed by atoms with van der Waals surface area (Å²) in [5.41, 5.74) is 7.51. The van der Waals surface area contributed by atoms with Crippen molar-refractivity contribution in [3.8, 4) is 5.88 Å². The van der Waals surface area contributed by atoms with E-state index in [0.717, 1.165) is 11.5 Å². The summed E-state index contributed by atoms with van der Waals surface area (Å²) in [6, 6.07) is 11.9. The number of nitrogens with zero attached hydrogens (tertiary/aromatic N) is 1. The molecule has 5 heteroatoms. The van der Waals surface area contributed by atoms with Crippen molar-refractivity contribution in [2.24, 2.45) is 5.92 Å². The topological polar surface area (TPSA) is 60.2 Å². The molecule has 21 heavy (non-hydrogen) atoms. The number of nitrogens with one attached hydrogen (secondary N) is 1. The van der Waals surface area contributed by atoms with Crippen LogP contribution in [0.25, 0.3) is 0 Å². The zero-order valence-corrected chi connectivity index (χ0v) is 12.8. The maximum atomic E-state index is 5.92. The molecular weight excluding hydrogens is 282 g/mol. The molecule has 0 spiro atoms. The van der Waals surface area contributed by atoms with Gasteiger partial charge in [-0.3, -0.25) is 0 Å². The third-order valence-electron chi connectivity index (χ3n) is 3.38. The van der Waals surface area contributed by atoms with Gasteiger partial charge in [-0.05, 0) is 55.3 Å². The van der Waals surface area contributed by atoms with Gasteiger partial charge in [0.15, 0.2) is 0 Å². The van der Waals surface area contributed by atoms with E-state index in [9.17, 15) is 0 Å². The number of benzene rings is 1. The van der Waals surface area contributed by atoms with Gasteiger partial charge in [-0.25, -0.2) is 0 Å². The zero-order valence-electron chi connectivity index (χ0n) is 12.0. The van der Waals surface area contributed by atoms with Crippen molar-refractivity contribution in [1.29, 1.82) is 0 Å². The van der Waals surface area contributed by atoms with E-state index in [1.807, 2.05) is 24.3 Å². The highest BCUT2D eigenvalue weighted by Crippen LogP contribution is 2.31. The summed E-state index contributed by atoms with van der Waals surface area (Å²) in [6.07, 6.45) is 4.56. The lowest BCUT2D eigenvalue weighted by atomic mass is 10.3. The second-order valence-electron chi connectivity index (χ2n) is 5.20. The number of aromatic nitrogens is 1. The molecule has 0 unspecified atom stereocenters. The van der Waals surface area contributed by atoms with Gasteiger partial charge in [0.2, 0.25) is 5.88 Å². The average Bonchev–Trinajstić information content (AvgIpc) is 3.32. The van der Waals surface area contributed by atoms with E-state index in [1.54, 1.807) is 11.8 Å². The van der Waals surface area contributed by atoms with E-state index in [0.29, 0.717) is 24.1 Å². The first-order chi connectivity index (χ1) is 10.2. The summed E-state index contributed by atoms with van der Waals surface area (Å²) in [7, 11) is 0. The number of nitrogens with two attached hydrogens (primary N) is 1. The maximum absolute atomic E-state index is 5.92. The minimum Gasteiger partial charge on any atom is -0.476 e. The number of nitrogen functional groups attached to an aromatic ring is 1. The summed E-state index contributed by atoms with van der Waals surface area (Å²) >= 11 is 1.71. The molecule has 1 fully saturated rings. The average molecular weight is 301 g/mol. The fourth-order valence-corrected chi connectivity index (χ4v) is 2.43. The Morgan fingerprint density at radius 1 is 1.33 bits per heavy atom. The SMILES string of the molecule is CSc1cccc(Nc2ccc(N)c(OCC3CC3)n2)c1. The van der Waals surface area contributed by atoms with Crippen LogP contribution in [0.4, 0.5) is 17.2 Å². The van der Waals surface area contributed by atoms with E-state index >= 15 is 0 Å². The highest BCUT2D eigenvalue weighted by molar-refractivity contribution is 7.98. The van der Waals surface area contributed by atoms with E-state index in [2.05, 4.69) is 28.7 Å². The lowest BCUT2D eigenvalue weighted by molar-refractivity contribution is 0.290. The van der Waals surface area contributed by atoms with Gasteiger partial charge in [-0.2, -0.15) is 4.98 Å². The molecule has 0 amide bonds. The molecular formula is C16H19N3OS. The highest BCUT2D eigenvalue weighted by Gasteiger charge is 2.22. The van der Waals surface area contributed by atoms with Crippen molar-refractivity contribution in [3.63, 3.8) is 0 Å². The molecule has 2 aromatic rings. The summed E-state index contributed by atoms with van der Waals surface area (Å²) in [5.74, 6) is 1.95. The first kappa shape index (κ1) is 14.1. The van der Waals surface area contributed by atoms with Gasteiger partial charge in [0.05, 0.1) is 12.3 Å². The number of hydrogen-bond acceptors (Lipinski definition) is 5. The van der Waals surface area contributed by atoms with Gasteiger partial charge in [-0.15, -0.1) is 11.8 Å². The fourth-order valence-electron chi connectivity index (χ4n) is 1.97. The van der Waals surface area contributed by atoms with Crippen LogP contribution in [0.5, 0.6) is 5.88 Å². The molecule has 3 N–H and O–H groups in total. The van der Waals surface area contributed by atoms with Crippen LogP contribution in [0, 0.1) is 5.92 Å². The second-order valence-corrected chi connectivity index (χ2v) is 6.08. The number of anilines is 3. The Kier molecular flexibility index (Phi) is 4.20. The van der Waals surface area contributed by atoms with Crippen molar-refractivity contribution >= 4 is 29.0 Å². The third-order valence-corrected chi connectivity index (χ3v) is 4.11. The fraction of sp³-hybridized carbons (Fsp3) is 0.312. The summed E-state index contributed by atoms with van der Waals surface area (Å²) in [5, 5.41) is 3.29. The quantitative estimate of drug-likeness (QED) is 0.792. The van der Waals surface area contributed by atoms with Crippen LogP contribution < -0.4 is 15.8 Å². The lowest BCUT2D eigenvalue weighted by Gasteiger charge is -2.11. The van der Waals surface area contributed by atoms with Gasteiger partial charge in [0.1, 0.15) is 5.82 Å². The van der Waals surface area contributed by atoms with Crippen LogP contribution in [0.3, 0.4) is 0 Å². The first-order valence-electron chi connectivity index (χ1n) is 7.05. The second kappa shape index (κ2) is 6.26. The van der Waals surface area contributed by atoms with Crippen molar-refractivity contribution < 1.29 is 4.74 Å². The minimum absolute atomic E-state index is 0.521. The summed E-state index contributed by atoms with van der Waals surface area (Å²) in [4.78, 5) is 5.67. The number of rotatable bonds is 6. The number of pyridine rings is 1. The largest absolute Gasteiger partial charge is 0.476 e. The molecule has 4 nitrogen and oxygen atoms in total. The monoisotopic (exact) mass is 301 g/mol. The standard InChI is InChI=1S/C16H19N3OS/c1-21-13-4-2-3-12(9-13)18-15-8-7-14(17)16(19-15)20-10-11-5-6-11/h2-4,7-9,11H,5-6,10,17H2,1H3,(H,18,19). The first-order valence-corrected chi connectivity index (χ1v) is 8.27. The van der Waals surface area contributed by atoms with Crippen LogP contribution in [0.1, 0.15) is 12.8 Å². The molecule has 0 atom stereocenters. The van der Waals surface area contributed by atoms with E-state index in [1.165, 1.54) is 17.7 Å². The van der Waals surface area contributed by atoms with Crippen molar-refractivity contribution in [2.75, 3.05) is 23.9 Å². The molecule has 1 heterocycles. The Morgan fingerprint density at radius 3 is 2.95 bits per heavy atom. The molecule has 0 radical (unpaired) electrons. The molecule has 0 saturated heterocycles. The molecule has 1 saturated carbocycles. The Labute approximate surface area is 129 Å². The molecule has 0 bridgehead atoms. The van der Waals surface area contributed by atoms with Crippen LogP contribution in [-0.4, -0.2) is 17.8 Å². The van der Waals surface area contributed by atoms with E-state index < -0.39 is 0 Å². The third kappa shape index (κ3) is 3.82. The van der Waals surface area contributed by atoms with Crippen molar-refractivity contribution in [2.45, 2.75) is 17.7 Å². The molecule has 3 rings (SSSR count). The minimum atomic E-state index is 0.521. The van der Waals surface area contributed by atoms with Crippen LogP contribution in [-0.2, 0) is 0 Å². The van der Waals surface area contributed by atoms with Crippen LogP contribution >= 0.6 is 11.8 Å². The van der Waals surface area contributed by atoms with Crippen molar-refractivity contribution in [3.05, 3.63) is 36.4 Å². The van der Waals surface area contributed by atoms with Crippen LogP contribution in [0.2, 0.25) is 0 Å². The van der Waals surface area contributed by atoms with Gasteiger partial charge in [0, 0.05) is 10.6 Å². The normalized spacial score (nSPS) is 14.0. The molecule has 110 valence electrons. The lowest BCUT2D eigenvalue weighted by Crippen LogP contribution is -2.05. The Balaban J connectivity index is 1.73. The van der Waals surface area contributed by atoms with E-state index in [-0.39, 0.29) is 0 Å². The Morgan fingerprint density at radius 2 is 2.19 bits per heavy atom. The molecule has 1 aromatic carbocycles. The highest BCUT2D eigenvalue weighted by atomic mass is 32.2.